The predicted octanol–water partition coefficient (Wildman–Crippen LogP) is 3.78. The lowest BCUT2D eigenvalue weighted by Gasteiger charge is -2.15. The van der Waals surface area contributed by atoms with Crippen molar-refractivity contribution < 1.29 is 13.9 Å². The molecule has 3 aromatic rings. The van der Waals surface area contributed by atoms with Gasteiger partial charge in [0.05, 0.1) is 25.9 Å². The molecule has 0 atom stereocenters. The van der Waals surface area contributed by atoms with Crippen LogP contribution in [0.5, 0.6) is 5.75 Å². The topological polar surface area (TPSA) is 80.5 Å². The molecule has 146 valence electrons. The van der Waals surface area contributed by atoms with E-state index in [1.807, 2.05) is 31.2 Å². The smallest absolute Gasteiger partial charge is 0.247 e. The molecule has 0 fully saturated rings. The second-order valence-electron chi connectivity index (χ2n) is 6.43. The van der Waals surface area contributed by atoms with Crippen LogP contribution in [0.3, 0.4) is 0 Å². The van der Waals surface area contributed by atoms with Crippen molar-refractivity contribution in [2.75, 3.05) is 26.0 Å². The van der Waals surface area contributed by atoms with Gasteiger partial charge in [0.2, 0.25) is 17.7 Å². The van der Waals surface area contributed by atoms with Gasteiger partial charge in [-0.15, -0.1) is 10.2 Å². The third kappa shape index (κ3) is 5.09. The van der Waals surface area contributed by atoms with Gasteiger partial charge in [0.1, 0.15) is 5.75 Å². The van der Waals surface area contributed by atoms with Crippen molar-refractivity contribution in [3.8, 4) is 17.2 Å². The van der Waals surface area contributed by atoms with E-state index in [0.29, 0.717) is 34.8 Å². The Kier molecular flexibility index (Phi) is 6.28. The first kappa shape index (κ1) is 19.9. The van der Waals surface area contributed by atoms with Crippen molar-refractivity contribution in [2.45, 2.75) is 13.5 Å². The molecule has 7 nitrogen and oxygen atoms in total. The van der Waals surface area contributed by atoms with Crippen molar-refractivity contribution in [3.05, 3.63) is 58.9 Å². The van der Waals surface area contributed by atoms with Crippen LogP contribution < -0.4 is 10.1 Å². The molecule has 2 aromatic carbocycles. The molecule has 0 radical (unpaired) electrons. The zero-order chi connectivity index (χ0) is 20.1. The molecule has 28 heavy (non-hydrogen) atoms. The van der Waals surface area contributed by atoms with Crippen molar-refractivity contribution in [1.82, 2.24) is 15.1 Å². The van der Waals surface area contributed by atoms with Crippen molar-refractivity contribution in [3.63, 3.8) is 0 Å². The van der Waals surface area contributed by atoms with Gasteiger partial charge in [-0.2, -0.15) is 0 Å². The zero-order valence-electron chi connectivity index (χ0n) is 15.9. The number of nitrogens with zero attached hydrogens (tertiary/aromatic N) is 3. The number of carbonyl (C=O) groups excluding carboxylic acids is 1. The third-order valence-corrected chi connectivity index (χ3v) is 4.25. The summed E-state index contributed by atoms with van der Waals surface area (Å²) in [6.07, 6.45) is 0. The lowest BCUT2D eigenvalue weighted by molar-refractivity contribution is -0.117. The molecule has 1 amide bonds. The quantitative estimate of drug-likeness (QED) is 0.650. The number of rotatable bonds is 7. The molecular weight excluding hydrogens is 380 g/mol. The normalized spacial score (nSPS) is 10.9. The number of nitrogens with one attached hydrogen (secondary N) is 1. The van der Waals surface area contributed by atoms with Gasteiger partial charge in [-0.1, -0.05) is 29.3 Å². The lowest BCUT2D eigenvalue weighted by Crippen LogP contribution is -2.30. The van der Waals surface area contributed by atoms with E-state index in [0.717, 1.165) is 11.1 Å². The fraction of sp³-hybridized carbons (Fsp3) is 0.250. The number of ether oxygens (including phenoxy) is 1. The van der Waals surface area contributed by atoms with Crippen LogP contribution in [0, 0.1) is 6.92 Å². The number of halogens is 1. The van der Waals surface area contributed by atoms with E-state index >= 15 is 0 Å². The maximum atomic E-state index is 12.3. The molecule has 0 bridgehead atoms. The number of carbonyl (C=O) groups is 1. The van der Waals surface area contributed by atoms with E-state index in [9.17, 15) is 4.79 Å². The van der Waals surface area contributed by atoms with E-state index < -0.39 is 0 Å². The predicted molar refractivity (Wildman–Crippen MR) is 107 cm³/mol. The van der Waals surface area contributed by atoms with Gasteiger partial charge < -0.3 is 14.5 Å². The first-order chi connectivity index (χ1) is 13.4. The highest BCUT2D eigenvalue weighted by molar-refractivity contribution is 6.31. The van der Waals surface area contributed by atoms with Gasteiger partial charge in [0, 0.05) is 10.6 Å². The average Bonchev–Trinajstić information content (AvgIpc) is 3.10. The molecule has 1 N–H and O–H groups in total. The molecule has 3 rings (SSSR count). The first-order valence-corrected chi connectivity index (χ1v) is 9.04. The fourth-order valence-electron chi connectivity index (χ4n) is 2.63. The molecule has 0 saturated heterocycles. The summed E-state index contributed by atoms with van der Waals surface area (Å²) in [5.74, 6) is 1.23. The zero-order valence-corrected chi connectivity index (χ0v) is 16.7. The SMILES string of the molecule is COc1ccc(Cl)cc1NC(=O)CN(C)Cc1nnc(-c2ccc(C)cc2)o1. The van der Waals surface area contributed by atoms with Crippen LogP contribution in [0.1, 0.15) is 11.5 Å². The van der Waals surface area contributed by atoms with Gasteiger partial charge in [-0.3, -0.25) is 9.69 Å². The van der Waals surface area contributed by atoms with Crippen LogP contribution in [0.15, 0.2) is 46.9 Å². The molecule has 0 aliphatic heterocycles. The second kappa shape index (κ2) is 8.86. The summed E-state index contributed by atoms with van der Waals surface area (Å²) >= 11 is 5.99. The van der Waals surface area contributed by atoms with Crippen molar-refractivity contribution in [2.24, 2.45) is 0 Å². The Balaban J connectivity index is 1.58. The number of aromatic nitrogens is 2. The summed E-state index contributed by atoms with van der Waals surface area (Å²) in [5, 5.41) is 11.4. The van der Waals surface area contributed by atoms with Crippen LogP contribution in [0.2, 0.25) is 5.02 Å². The molecular formula is C20H21ClN4O3. The highest BCUT2D eigenvalue weighted by Crippen LogP contribution is 2.27. The van der Waals surface area contributed by atoms with E-state index in [1.54, 1.807) is 30.1 Å². The number of hydrogen-bond acceptors (Lipinski definition) is 6. The molecule has 1 heterocycles. The molecule has 8 heteroatoms. The molecule has 0 saturated carbocycles. The number of likely N-dealkylation sites (N-methyl/N-ethyl adjacent to an activating group) is 1. The van der Waals surface area contributed by atoms with Crippen LogP contribution in [-0.4, -0.2) is 41.7 Å². The van der Waals surface area contributed by atoms with Crippen LogP contribution in [-0.2, 0) is 11.3 Å². The Morgan fingerprint density at radius 1 is 1.21 bits per heavy atom. The van der Waals surface area contributed by atoms with Gasteiger partial charge in [0.15, 0.2) is 0 Å². The summed E-state index contributed by atoms with van der Waals surface area (Å²) < 4.78 is 10.9. The minimum absolute atomic E-state index is 0.137. The lowest BCUT2D eigenvalue weighted by atomic mass is 10.1. The monoisotopic (exact) mass is 400 g/mol. The Labute approximate surface area is 168 Å². The Hall–Kier alpha value is -2.90. The highest BCUT2D eigenvalue weighted by Gasteiger charge is 2.14. The Morgan fingerprint density at radius 2 is 1.96 bits per heavy atom. The first-order valence-electron chi connectivity index (χ1n) is 8.66. The molecule has 0 unspecified atom stereocenters. The third-order valence-electron chi connectivity index (χ3n) is 4.02. The standard InChI is InChI=1S/C20H21ClN4O3/c1-13-4-6-14(7-5-13)20-24-23-19(28-20)12-25(2)11-18(26)22-16-10-15(21)8-9-17(16)27-3/h4-10H,11-12H2,1-3H3,(H,22,26). The number of amides is 1. The molecule has 0 aliphatic rings. The van der Waals surface area contributed by atoms with Gasteiger partial charge >= 0.3 is 0 Å². The maximum Gasteiger partial charge on any atom is 0.247 e. The number of benzene rings is 2. The molecule has 1 aromatic heterocycles. The molecule has 0 aliphatic carbocycles. The van der Waals surface area contributed by atoms with Crippen LogP contribution in [0.25, 0.3) is 11.5 Å². The van der Waals surface area contributed by atoms with E-state index in [-0.39, 0.29) is 12.5 Å². The summed E-state index contributed by atoms with van der Waals surface area (Å²) in [4.78, 5) is 14.1. The highest BCUT2D eigenvalue weighted by atomic mass is 35.5. The van der Waals surface area contributed by atoms with E-state index in [4.69, 9.17) is 20.8 Å². The number of anilines is 1. The van der Waals surface area contributed by atoms with Gasteiger partial charge in [-0.05, 0) is 44.3 Å². The second-order valence-corrected chi connectivity index (χ2v) is 6.87. The van der Waals surface area contributed by atoms with Gasteiger partial charge in [0.25, 0.3) is 0 Å². The number of aryl methyl sites for hydroxylation is 1. The maximum absolute atomic E-state index is 12.3. The van der Waals surface area contributed by atoms with Crippen LogP contribution in [0.4, 0.5) is 5.69 Å². The van der Waals surface area contributed by atoms with Crippen LogP contribution >= 0.6 is 11.6 Å². The van der Waals surface area contributed by atoms with Crippen molar-refractivity contribution in [1.29, 1.82) is 0 Å². The largest absolute Gasteiger partial charge is 0.495 e. The minimum Gasteiger partial charge on any atom is -0.495 e. The summed E-state index contributed by atoms with van der Waals surface area (Å²) in [6, 6.07) is 12.9. The number of hydrogen-bond donors (Lipinski definition) is 1. The average molecular weight is 401 g/mol. The Bertz CT molecular complexity index is 956. The van der Waals surface area contributed by atoms with E-state index in [2.05, 4.69) is 15.5 Å². The summed E-state index contributed by atoms with van der Waals surface area (Å²) in [5.41, 5.74) is 2.54. The molecule has 0 spiro atoms. The van der Waals surface area contributed by atoms with Crippen molar-refractivity contribution >= 4 is 23.2 Å². The number of methoxy groups -OCH3 is 1. The minimum atomic E-state index is -0.207. The van der Waals surface area contributed by atoms with E-state index in [1.165, 1.54) is 7.11 Å². The summed E-state index contributed by atoms with van der Waals surface area (Å²) in [6.45, 7) is 2.50. The Morgan fingerprint density at radius 3 is 2.68 bits per heavy atom. The summed E-state index contributed by atoms with van der Waals surface area (Å²) in [7, 11) is 3.33. The van der Waals surface area contributed by atoms with Gasteiger partial charge in [-0.25, -0.2) is 0 Å². The fourth-order valence-corrected chi connectivity index (χ4v) is 2.80.